The van der Waals surface area contributed by atoms with Gasteiger partial charge < -0.3 is 10.3 Å². The molecule has 1 aromatic carbocycles. The van der Waals surface area contributed by atoms with E-state index in [0.717, 1.165) is 41.6 Å². The van der Waals surface area contributed by atoms with Crippen molar-refractivity contribution in [2.75, 3.05) is 0 Å². The van der Waals surface area contributed by atoms with Gasteiger partial charge in [0.2, 0.25) is 0 Å². The summed E-state index contributed by atoms with van der Waals surface area (Å²) in [6.45, 7) is 5.78. The summed E-state index contributed by atoms with van der Waals surface area (Å²) in [6, 6.07) is 5.48. The fraction of sp³-hybridized carbons (Fsp3) is 0.435. The molecule has 1 aromatic heterocycles. The van der Waals surface area contributed by atoms with Crippen LogP contribution in [0, 0.1) is 26.7 Å². The lowest BCUT2D eigenvalue weighted by Crippen LogP contribution is -2.28. The molecule has 29 heavy (non-hydrogen) atoms. The van der Waals surface area contributed by atoms with Gasteiger partial charge in [-0.3, -0.25) is 14.4 Å². The Kier molecular flexibility index (Phi) is 6.58. The average molecular weight is 415 g/mol. The Morgan fingerprint density at radius 2 is 1.83 bits per heavy atom. The summed E-state index contributed by atoms with van der Waals surface area (Å²) >= 11 is 6.30. The summed E-state index contributed by atoms with van der Waals surface area (Å²) in [5.41, 5.74) is 4.49. The van der Waals surface area contributed by atoms with E-state index in [9.17, 15) is 14.4 Å². The maximum atomic E-state index is 12.8. The Morgan fingerprint density at radius 3 is 2.48 bits per heavy atom. The van der Waals surface area contributed by atoms with Crippen LogP contribution in [-0.4, -0.2) is 16.7 Å². The van der Waals surface area contributed by atoms with Crippen molar-refractivity contribution < 1.29 is 9.59 Å². The highest BCUT2D eigenvalue weighted by Crippen LogP contribution is 2.29. The third-order valence-electron chi connectivity index (χ3n) is 5.82. The molecule has 0 saturated heterocycles. The van der Waals surface area contributed by atoms with E-state index in [1.807, 2.05) is 32.9 Å². The number of nitrogens with one attached hydrogen (secondary N) is 2. The van der Waals surface area contributed by atoms with Crippen LogP contribution in [0.2, 0.25) is 5.02 Å². The monoisotopic (exact) mass is 414 g/mol. The standard InChI is InChI=1S/C23H27ClN2O3/c1-13-8-14(2)26-23(29)21(13)12-25-22(28)20-11-18(24)10-17(15(20)3)9-16-4-6-19(27)7-5-16/h8,10-11,16H,4-7,9,12H2,1-3H3,(H,25,28)(H,26,29). The van der Waals surface area contributed by atoms with Crippen molar-refractivity contribution in [2.45, 2.75) is 59.4 Å². The number of hydrogen-bond donors (Lipinski definition) is 2. The second kappa shape index (κ2) is 8.95. The fourth-order valence-electron chi connectivity index (χ4n) is 4.06. The van der Waals surface area contributed by atoms with Crippen molar-refractivity contribution in [3.05, 3.63) is 67.1 Å². The Labute approximate surface area is 175 Å². The molecule has 1 amide bonds. The third kappa shape index (κ3) is 5.15. The number of carbonyl (C=O) groups is 2. The van der Waals surface area contributed by atoms with Gasteiger partial charge in [-0.25, -0.2) is 0 Å². The van der Waals surface area contributed by atoms with Crippen LogP contribution in [0.25, 0.3) is 0 Å². The number of H-pyrrole nitrogens is 1. The number of benzene rings is 1. The topological polar surface area (TPSA) is 79.0 Å². The van der Waals surface area contributed by atoms with E-state index in [1.54, 1.807) is 6.07 Å². The maximum Gasteiger partial charge on any atom is 0.253 e. The largest absolute Gasteiger partial charge is 0.348 e. The Hall–Kier alpha value is -2.40. The second-order valence-electron chi connectivity index (χ2n) is 8.05. The zero-order chi connectivity index (χ0) is 21.1. The van der Waals surface area contributed by atoms with Crippen LogP contribution in [0.5, 0.6) is 0 Å². The number of carbonyl (C=O) groups excluding carboxylic acids is 2. The molecule has 2 N–H and O–H groups in total. The van der Waals surface area contributed by atoms with Gasteiger partial charge in [0.25, 0.3) is 11.5 Å². The first-order chi connectivity index (χ1) is 13.7. The minimum Gasteiger partial charge on any atom is -0.348 e. The SMILES string of the molecule is Cc1cc(C)c(CNC(=O)c2cc(Cl)cc(CC3CCC(=O)CC3)c2C)c(=O)[nH]1. The van der Waals surface area contributed by atoms with Gasteiger partial charge in [0.1, 0.15) is 5.78 Å². The molecular formula is C23H27ClN2O3. The van der Waals surface area contributed by atoms with Gasteiger partial charge in [-0.05, 0) is 80.8 Å². The number of aryl methyl sites for hydroxylation is 2. The lowest BCUT2D eigenvalue weighted by Gasteiger charge is -2.22. The van der Waals surface area contributed by atoms with Crippen LogP contribution in [0.4, 0.5) is 0 Å². The molecule has 0 atom stereocenters. The number of amides is 1. The number of ketones is 1. The predicted molar refractivity (Wildman–Crippen MR) is 115 cm³/mol. The van der Waals surface area contributed by atoms with E-state index in [0.29, 0.717) is 40.7 Å². The van der Waals surface area contributed by atoms with Crippen molar-refractivity contribution in [3.63, 3.8) is 0 Å². The smallest absolute Gasteiger partial charge is 0.253 e. The van der Waals surface area contributed by atoms with Gasteiger partial charge in [0.05, 0.1) is 0 Å². The van der Waals surface area contributed by atoms with E-state index >= 15 is 0 Å². The summed E-state index contributed by atoms with van der Waals surface area (Å²) in [5.74, 6) is 0.532. The number of Topliss-reactive ketones (excluding diaryl/α,β-unsaturated/α-hetero) is 1. The maximum absolute atomic E-state index is 12.8. The van der Waals surface area contributed by atoms with Crippen molar-refractivity contribution in [1.29, 1.82) is 0 Å². The Morgan fingerprint density at radius 1 is 1.14 bits per heavy atom. The number of aromatic amines is 1. The first-order valence-electron chi connectivity index (χ1n) is 10.0. The predicted octanol–water partition coefficient (Wildman–Crippen LogP) is 4.19. The van der Waals surface area contributed by atoms with Gasteiger partial charge in [0, 0.05) is 41.2 Å². The van der Waals surface area contributed by atoms with Gasteiger partial charge >= 0.3 is 0 Å². The molecule has 0 spiro atoms. The third-order valence-corrected chi connectivity index (χ3v) is 6.03. The molecule has 154 valence electrons. The second-order valence-corrected chi connectivity index (χ2v) is 8.49. The van der Waals surface area contributed by atoms with E-state index in [2.05, 4.69) is 10.3 Å². The molecule has 1 aliphatic rings. The molecule has 1 heterocycles. The highest BCUT2D eigenvalue weighted by Gasteiger charge is 2.21. The molecule has 3 rings (SSSR count). The summed E-state index contributed by atoms with van der Waals surface area (Å²) in [4.78, 5) is 39.3. The molecule has 0 radical (unpaired) electrons. The molecule has 2 aromatic rings. The van der Waals surface area contributed by atoms with Gasteiger partial charge in [-0.1, -0.05) is 11.6 Å². The van der Waals surface area contributed by atoms with Crippen LogP contribution in [0.3, 0.4) is 0 Å². The summed E-state index contributed by atoms with van der Waals surface area (Å²) in [5, 5.41) is 3.38. The normalized spacial score (nSPS) is 14.8. The lowest BCUT2D eigenvalue weighted by atomic mass is 9.83. The molecule has 0 unspecified atom stereocenters. The lowest BCUT2D eigenvalue weighted by molar-refractivity contribution is -0.121. The molecule has 5 nitrogen and oxygen atoms in total. The minimum atomic E-state index is -0.246. The van der Waals surface area contributed by atoms with Crippen molar-refractivity contribution >= 4 is 23.3 Å². The van der Waals surface area contributed by atoms with E-state index in [4.69, 9.17) is 11.6 Å². The van der Waals surface area contributed by atoms with E-state index < -0.39 is 0 Å². The van der Waals surface area contributed by atoms with E-state index in [-0.39, 0.29) is 18.0 Å². The van der Waals surface area contributed by atoms with Crippen LogP contribution in [0.1, 0.15) is 64.0 Å². The first-order valence-corrected chi connectivity index (χ1v) is 10.4. The van der Waals surface area contributed by atoms with Crippen LogP contribution < -0.4 is 10.9 Å². The van der Waals surface area contributed by atoms with Crippen LogP contribution >= 0.6 is 11.6 Å². The molecule has 1 saturated carbocycles. The molecule has 1 fully saturated rings. The van der Waals surface area contributed by atoms with Gasteiger partial charge in [0.15, 0.2) is 0 Å². The molecule has 6 heteroatoms. The Bertz CT molecular complexity index is 1000. The zero-order valence-electron chi connectivity index (χ0n) is 17.2. The fourth-order valence-corrected chi connectivity index (χ4v) is 4.30. The van der Waals surface area contributed by atoms with Gasteiger partial charge in [-0.2, -0.15) is 0 Å². The number of hydrogen-bond acceptors (Lipinski definition) is 3. The van der Waals surface area contributed by atoms with Crippen LogP contribution in [0.15, 0.2) is 23.0 Å². The van der Waals surface area contributed by atoms with Crippen molar-refractivity contribution in [3.8, 4) is 0 Å². The highest BCUT2D eigenvalue weighted by molar-refractivity contribution is 6.31. The number of pyridine rings is 1. The quantitative estimate of drug-likeness (QED) is 0.770. The zero-order valence-corrected chi connectivity index (χ0v) is 17.9. The molecule has 0 bridgehead atoms. The van der Waals surface area contributed by atoms with Crippen LogP contribution in [-0.2, 0) is 17.8 Å². The average Bonchev–Trinajstić information content (AvgIpc) is 2.65. The van der Waals surface area contributed by atoms with Crippen molar-refractivity contribution in [2.24, 2.45) is 5.92 Å². The molecular weight excluding hydrogens is 388 g/mol. The summed E-state index contributed by atoms with van der Waals surface area (Å²) in [6.07, 6.45) is 3.88. The number of rotatable bonds is 5. The Balaban J connectivity index is 1.76. The number of aromatic nitrogens is 1. The summed E-state index contributed by atoms with van der Waals surface area (Å²) in [7, 11) is 0. The highest BCUT2D eigenvalue weighted by atomic mass is 35.5. The number of halogens is 1. The van der Waals surface area contributed by atoms with Crippen molar-refractivity contribution in [1.82, 2.24) is 10.3 Å². The first kappa shape index (κ1) is 21.3. The minimum absolute atomic E-state index is 0.159. The summed E-state index contributed by atoms with van der Waals surface area (Å²) < 4.78 is 0. The van der Waals surface area contributed by atoms with Gasteiger partial charge in [-0.15, -0.1) is 0 Å². The van der Waals surface area contributed by atoms with E-state index in [1.165, 1.54) is 0 Å². The molecule has 1 aliphatic carbocycles. The molecule has 0 aliphatic heterocycles.